The highest BCUT2D eigenvalue weighted by Gasteiger charge is 2.27. The van der Waals surface area contributed by atoms with E-state index < -0.39 is 30.3 Å². The minimum absolute atomic E-state index is 0.345. The van der Waals surface area contributed by atoms with Crippen molar-refractivity contribution in [3.63, 3.8) is 0 Å². The molecule has 0 saturated heterocycles. The SMILES string of the molecule is CCCCC(OC(=O)OC(CCCC)c1ccccc1C(=O)OC)c1ccccc1C(=O)OC. The van der Waals surface area contributed by atoms with Crippen LogP contribution in [-0.2, 0) is 18.9 Å². The maximum atomic E-state index is 13.0. The highest BCUT2D eigenvalue weighted by atomic mass is 16.7. The maximum Gasteiger partial charge on any atom is 0.509 e. The van der Waals surface area contributed by atoms with Gasteiger partial charge < -0.3 is 18.9 Å². The highest BCUT2D eigenvalue weighted by Crippen LogP contribution is 2.31. The molecule has 2 atom stereocenters. The van der Waals surface area contributed by atoms with E-state index in [-0.39, 0.29) is 0 Å². The minimum Gasteiger partial charge on any atom is -0.465 e. The lowest BCUT2D eigenvalue weighted by atomic mass is 9.98. The lowest BCUT2D eigenvalue weighted by Gasteiger charge is -2.23. The van der Waals surface area contributed by atoms with Gasteiger partial charge in [-0.2, -0.15) is 0 Å². The van der Waals surface area contributed by atoms with Crippen LogP contribution in [0.3, 0.4) is 0 Å². The number of carbonyl (C=O) groups excluding carboxylic acids is 3. The van der Waals surface area contributed by atoms with Gasteiger partial charge in [0.05, 0.1) is 25.3 Å². The molecule has 0 radical (unpaired) electrons. The molecule has 184 valence electrons. The molecule has 0 aliphatic rings. The van der Waals surface area contributed by atoms with Crippen molar-refractivity contribution in [3.8, 4) is 0 Å². The van der Waals surface area contributed by atoms with Gasteiger partial charge in [0.15, 0.2) is 0 Å². The molecular weight excluding hydrogens is 436 g/mol. The molecule has 0 N–H and O–H groups in total. The second kappa shape index (κ2) is 14.0. The van der Waals surface area contributed by atoms with Crippen LogP contribution in [0.4, 0.5) is 4.79 Å². The molecular formula is C27H34O7. The van der Waals surface area contributed by atoms with E-state index >= 15 is 0 Å². The summed E-state index contributed by atoms with van der Waals surface area (Å²) in [5.41, 5.74) is 1.83. The van der Waals surface area contributed by atoms with Crippen LogP contribution >= 0.6 is 0 Å². The predicted molar refractivity (Wildman–Crippen MR) is 128 cm³/mol. The van der Waals surface area contributed by atoms with Crippen molar-refractivity contribution in [2.75, 3.05) is 14.2 Å². The molecule has 0 aliphatic heterocycles. The largest absolute Gasteiger partial charge is 0.509 e. The minimum atomic E-state index is -0.860. The second-order valence-corrected chi connectivity index (χ2v) is 7.91. The first-order chi connectivity index (χ1) is 16.5. The van der Waals surface area contributed by atoms with Crippen molar-refractivity contribution in [1.29, 1.82) is 0 Å². The zero-order valence-corrected chi connectivity index (χ0v) is 20.4. The van der Waals surface area contributed by atoms with Crippen LogP contribution in [0, 0.1) is 0 Å². The van der Waals surface area contributed by atoms with Crippen molar-refractivity contribution in [1.82, 2.24) is 0 Å². The zero-order valence-electron chi connectivity index (χ0n) is 20.4. The van der Waals surface area contributed by atoms with Gasteiger partial charge in [0, 0.05) is 11.1 Å². The molecule has 0 heterocycles. The summed E-state index contributed by atoms with van der Waals surface area (Å²) in [6, 6.07) is 13.8. The number of carbonyl (C=O) groups is 3. The number of methoxy groups -OCH3 is 2. The number of unbranched alkanes of at least 4 members (excludes halogenated alkanes) is 2. The van der Waals surface area contributed by atoms with Gasteiger partial charge in [-0.25, -0.2) is 14.4 Å². The average molecular weight is 471 g/mol. The first-order valence-corrected chi connectivity index (χ1v) is 11.7. The van der Waals surface area contributed by atoms with Gasteiger partial charge in [-0.05, 0) is 37.8 Å². The Hall–Kier alpha value is -3.35. The van der Waals surface area contributed by atoms with E-state index in [2.05, 4.69) is 0 Å². The molecule has 0 amide bonds. The molecule has 7 heteroatoms. The number of hydrogen-bond acceptors (Lipinski definition) is 7. The van der Waals surface area contributed by atoms with Crippen LogP contribution in [0.1, 0.15) is 96.4 Å². The van der Waals surface area contributed by atoms with Gasteiger partial charge in [-0.15, -0.1) is 0 Å². The number of benzene rings is 2. The second-order valence-electron chi connectivity index (χ2n) is 7.91. The first-order valence-electron chi connectivity index (χ1n) is 11.7. The molecule has 0 spiro atoms. The van der Waals surface area contributed by atoms with E-state index in [9.17, 15) is 14.4 Å². The fourth-order valence-electron chi connectivity index (χ4n) is 3.74. The summed E-state index contributed by atoms with van der Waals surface area (Å²) >= 11 is 0. The quantitative estimate of drug-likeness (QED) is 0.256. The Bertz CT molecular complexity index is 878. The van der Waals surface area contributed by atoms with Gasteiger partial charge in [0.2, 0.25) is 0 Å². The van der Waals surface area contributed by atoms with E-state index in [1.807, 2.05) is 13.8 Å². The normalized spacial score (nSPS) is 12.4. The summed E-state index contributed by atoms with van der Waals surface area (Å²) in [5, 5.41) is 0. The smallest absolute Gasteiger partial charge is 0.465 e. The number of ether oxygens (including phenoxy) is 4. The zero-order chi connectivity index (χ0) is 24.9. The monoisotopic (exact) mass is 470 g/mol. The van der Waals surface area contributed by atoms with Crippen LogP contribution in [0.15, 0.2) is 48.5 Å². The van der Waals surface area contributed by atoms with Gasteiger partial charge >= 0.3 is 18.1 Å². The lowest BCUT2D eigenvalue weighted by molar-refractivity contribution is -0.00939. The predicted octanol–water partition coefficient (Wildman–Crippen LogP) is 6.58. The molecule has 2 aromatic carbocycles. The molecule has 0 saturated carbocycles. The molecule has 0 bridgehead atoms. The average Bonchev–Trinajstić information content (AvgIpc) is 2.87. The Morgan fingerprint density at radius 1 is 0.676 bits per heavy atom. The van der Waals surface area contributed by atoms with Crippen LogP contribution in [0.5, 0.6) is 0 Å². The topological polar surface area (TPSA) is 88.1 Å². The van der Waals surface area contributed by atoms with Gasteiger partial charge in [0.25, 0.3) is 0 Å². The Balaban J connectivity index is 2.31. The highest BCUT2D eigenvalue weighted by molar-refractivity contribution is 5.91. The summed E-state index contributed by atoms with van der Waals surface area (Å²) in [5.74, 6) is -0.996. The Kier molecular flexibility index (Phi) is 11.1. The Morgan fingerprint density at radius 3 is 1.41 bits per heavy atom. The third-order valence-electron chi connectivity index (χ3n) is 5.54. The van der Waals surface area contributed by atoms with Crippen molar-refractivity contribution >= 4 is 18.1 Å². The molecule has 7 nitrogen and oxygen atoms in total. The molecule has 2 rings (SSSR count). The lowest BCUT2D eigenvalue weighted by Crippen LogP contribution is -2.20. The Morgan fingerprint density at radius 2 is 1.06 bits per heavy atom. The summed E-state index contributed by atoms with van der Waals surface area (Å²) in [4.78, 5) is 37.5. The fourth-order valence-corrected chi connectivity index (χ4v) is 3.74. The number of esters is 2. The van der Waals surface area contributed by atoms with Crippen LogP contribution < -0.4 is 0 Å². The molecule has 0 fully saturated rings. The van der Waals surface area contributed by atoms with Crippen LogP contribution in [0.25, 0.3) is 0 Å². The maximum absolute atomic E-state index is 13.0. The van der Waals surface area contributed by atoms with E-state index in [0.29, 0.717) is 35.1 Å². The number of rotatable bonds is 12. The van der Waals surface area contributed by atoms with Gasteiger partial charge in [-0.3, -0.25) is 0 Å². The summed E-state index contributed by atoms with van der Waals surface area (Å²) in [6.07, 6.45) is 2.20. The molecule has 0 aromatic heterocycles. The van der Waals surface area contributed by atoms with Crippen LogP contribution in [-0.4, -0.2) is 32.3 Å². The van der Waals surface area contributed by atoms with Gasteiger partial charge in [0.1, 0.15) is 12.2 Å². The summed E-state index contributed by atoms with van der Waals surface area (Å²) in [7, 11) is 2.62. The van der Waals surface area contributed by atoms with Gasteiger partial charge in [-0.1, -0.05) is 63.1 Å². The van der Waals surface area contributed by atoms with Crippen molar-refractivity contribution < 1.29 is 33.3 Å². The first kappa shape index (κ1) is 26.9. The van der Waals surface area contributed by atoms with Crippen molar-refractivity contribution in [2.45, 2.75) is 64.6 Å². The molecule has 34 heavy (non-hydrogen) atoms. The summed E-state index contributed by atoms with van der Waals surface area (Å²) < 4.78 is 21.3. The summed E-state index contributed by atoms with van der Waals surface area (Å²) in [6.45, 7) is 4.07. The van der Waals surface area contributed by atoms with E-state index in [1.165, 1.54) is 14.2 Å². The van der Waals surface area contributed by atoms with Crippen LogP contribution in [0.2, 0.25) is 0 Å². The molecule has 2 unspecified atom stereocenters. The van der Waals surface area contributed by atoms with E-state index in [1.54, 1.807) is 48.5 Å². The number of hydrogen-bond donors (Lipinski definition) is 0. The standard InChI is InChI=1S/C27H34O7/c1-5-7-17-23(19-13-9-11-15-21(19)25(28)31-3)33-27(30)34-24(18-8-6-2)20-14-10-12-16-22(20)26(29)32-4/h9-16,23-24H,5-8,17-18H2,1-4H3. The van der Waals surface area contributed by atoms with E-state index in [4.69, 9.17) is 18.9 Å². The van der Waals surface area contributed by atoms with Crippen molar-refractivity contribution in [2.24, 2.45) is 0 Å². The third-order valence-corrected chi connectivity index (χ3v) is 5.54. The van der Waals surface area contributed by atoms with E-state index in [0.717, 1.165) is 25.7 Å². The van der Waals surface area contributed by atoms with Crippen molar-refractivity contribution in [3.05, 3.63) is 70.8 Å². The molecule has 2 aromatic rings. The fraction of sp³-hybridized carbons (Fsp3) is 0.444. The third kappa shape index (κ3) is 7.33. The molecule has 0 aliphatic carbocycles. The Labute approximate surface area is 201 Å².